The summed E-state index contributed by atoms with van der Waals surface area (Å²) in [5.74, 6) is 0. The first kappa shape index (κ1) is 10.4. The van der Waals surface area contributed by atoms with Gasteiger partial charge in [-0.1, -0.05) is 0 Å². The van der Waals surface area contributed by atoms with Gasteiger partial charge in [0.15, 0.2) is 0 Å². The van der Waals surface area contributed by atoms with Crippen LogP contribution in [0.25, 0.3) is 0 Å². The number of rotatable bonds is 6. The summed E-state index contributed by atoms with van der Waals surface area (Å²) in [5.41, 5.74) is 0.650. The van der Waals surface area contributed by atoms with Crippen LogP contribution in [0.5, 0.6) is 0 Å². The third-order valence-electron chi connectivity index (χ3n) is 3.42. The third kappa shape index (κ3) is 2.27. The fourth-order valence-corrected chi connectivity index (χ4v) is 2.39. The Morgan fingerprint density at radius 1 is 1.21 bits per heavy atom. The molecule has 0 aromatic carbocycles. The second-order valence-corrected chi connectivity index (χ2v) is 4.70. The Hall–Kier alpha value is -0.120. The largest absolute Gasteiger partial charge is 0.385 e. The second-order valence-electron chi connectivity index (χ2n) is 4.70. The van der Waals surface area contributed by atoms with E-state index in [1.807, 2.05) is 0 Å². The molecule has 0 atom stereocenters. The number of unbranched alkanes of at least 4 members (excludes halogenated alkanes) is 1. The summed E-state index contributed by atoms with van der Waals surface area (Å²) in [6, 6.07) is 0. The first-order chi connectivity index (χ1) is 6.85. The van der Waals surface area contributed by atoms with Crippen LogP contribution in [0.2, 0.25) is 0 Å². The summed E-state index contributed by atoms with van der Waals surface area (Å²) < 4.78 is 10.8. The minimum atomic E-state index is 0.555. The van der Waals surface area contributed by atoms with Crippen molar-refractivity contribution in [2.24, 2.45) is 5.41 Å². The topological polar surface area (TPSA) is 30.5 Å². The lowest BCUT2D eigenvalue weighted by atomic mass is 9.63. The zero-order chi connectivity index (χ0) is 9.86. The van der Waals surface area contributed by atoms with Gasteiger partial charge in [0.05, 0.1) is 6.10 Å². The summed E-state index contributed by atoms with van der Waals surface area (Å²) in [6.45, 7) is 4.21. The van der Waals surface area contributed by atoms with Gasteiger partial charge < -0.3 is 14.8 Å². The van der Waals surface area contributed by atoms with Crippen LogP contribution in [0.3, 0.4) is 0 Å². The Morgan fingerprint density at radius 3 is 2.50 bits per heavy atom. The SMILES string of the molecule is COCCCCOC1CC2(CNC2)C1. The highest BCUT2D eigenvalue weighted by Gasteiger charge is 2.48. The van der Waals surface area contributed by atoms with Gasteiger partial charge in [0.1, 0.15) is 0 Å². The monoisotopic (exact) mass is 199 g/mol. The zero-order valence-corrected chi connectivity index (χ0v) is 9.05. The van der Waals surface area contributed by atoms with Crippen LogP contribution >= 0.6 is 0 Å². The molecule has 0 unspecified atom stereocenters. The molecule has 1 aliphatic heterocycles. The molecule has 0 aromatic rings. The van der Waals surface area contributed by atoms with Gasteiger partial charge in [-0.2, -0.15) is 0 Å². The predicted molar refractivity (Wildman–Crippen MR) is 55.4 cm³/mol. The molecule has 2 fully saturated rings. The van der Waals surface area contributed by atoms with Gasteiger partial charge in [-0.15, -0.1) is 0 Å². The van der Waals surface area contributed by atoms with Crippen LogP contribution in [0.4, 0.5) is 0 Å². The van der Waals surface area contributed by atoms with Crippen molar-refractivity contribution in [2.45, 2.75) is 31.8 Å². The van der Waals surface area contributed by atoms with Gasteiger partial charge in [-0.05, 0) is 25.7 Å². The quantitative estimate of drug-likeness (QED) is 0.652. The number of ether oxygens (including phenoxy) is 2. The minimum Gasteiger partial charge on any atom is -0.385 e. The summed E-state index contributed by atoms with van der Waals surface area (Å²) in [5, 5.41) is 3.34. The van der Waals surface area contributed by atoms with Crippen molar-refractivity contribution in [2.75, 3.05) is 33.4 Å². The molecule has 14 heavy (non-hydrogen) atoms. The Balaban J connectivity index is 1.44. The molecule has 3 heteroatoms. The predicted octanol–water partition coefficient (Wildman–Crippen LogP) is 1.18. The molecule has 1 N–H and O–H groups in total. The lowest BCUT2D eigenvalue weighted by molar-refractivity contribution is -0.104. The van der Waals surface area contributed by atoms with E-state index in [-0.39, 0.29) is 0 Å². The molecule has 1 heterocycles. The summed E-state index contributed by atoms with van der Waals surface area (Å²) >= 11 is 0. The number of hydrogen-bond donors (Lipinski definition) is 1. The molecule has 1 saturated heterocycles. The molecule has 1 spiro atoms. The minimum absolute atomic E-state index is 0.555. The van der Waals surface area contributed by atoms with E-state index >= 15 is 0 Å². The lowest BCUT2D eigenvalue weighted by Crippen LogP contribution is -2.62. The Kier molecular flexibility index (Phi) is 3.42. The highest BCUT2D eigenvalue weighted by molar-refractivity contribution is 5.03. The van der Waals surface area contributed by atoms with E-state index in [0.29, 0.717) is 11.5 Å². The first-order valence-corrected chi connectivity index (χ1v) is 5.66. The normalized spacial score (nSPS) is 24.6. The second kappa shape index (κ2) is 4.60. The molecule has 1 aliphatic carbocycles. The maximum atomic E-state index is 5.77. The fraction of sp³-hybridized carbons (Fsp3) is 1.00. The van der Waals surface area contributed by atoms with E-state index in [2.05, 4.69) is 5.32 Å². The average Bonchev–Trinajstić information content (AvgIpc) is 2.04. The van der Waals surface area contributed by atoms with Gasteiger partial charge in [0, 0.05) is 38.8 Å². The number of hydrogen-bond acceptors (Lipinski definition) is 3. The van der Waals surface area contributed by atoms with Crippen LogP contribution in [0.1, 0.15) is 25.7 Å². The van der Waals surface area contributed by atoms with Crippen LogP contribution in [0, 0.1) is 5.41 Å². The summed E-state index contributed by atoms with van der Waals surface area (Å²) in [4.78, 5) is 0. The number of nitrogens with one attached hydrogen (secondary N) is 1. The molecule has 0 aromatic heterocycles. The molecule has 3 nitrogen and oxygen atoms in total. The molecule has 0 bridgehead atoms. The molecule has 1 saturated carbocycles. The Morgan fingerprint density at radius 2 is 1.93 bits per heavy atom. The molecular weight excluding hydrogens is 178 g/mol. The highest BCUT2D eigenvalue weighted by Crippen LogP contribution is 2.45. The van der Waals surface area contributed by atoms with Gasteiger partial charge in [-0.3, -0.25) is 0 Å². The molecule has 0 radical (unpaired) electrons. The van der Waals surface area contributed by atoms with Gasteiger partial charge >= 0.3 is 0 Å². The standard InChI is InChI=1S/C11H21NO2/c1-13-4-2-3-5-14-10-6-11(7-10)8-12-9-11/h10,12H,2-9H2,1H3. The van der Waals surface area contributed by atoms with Gasteiger partial charge in [-0.25, -0.2) is 0 Å². The van der Waals surface area contributed by atoms with Crippen molar-refractivity contribution < 1.29 is 9.47 Å². The maximum absolute atomic E-state index is 5.77. The van der Waals surface area contributed by atoms with Crippen LogP contribution in [0.15, 0.2) is 0 Å². The molecule has 2 rings (SSSR count). The maximum Gasteiger partial charge on any atom is 0.0587 e. The van der Waals surface area contributed by atoms with Crippen molar-refractivity contribution >= 4 is 0 Å². The smallest absolute Gasteiger partial charge is 0.0587 e. The third-order valence-corrected chi connectivity index (χ3v) is 3.42. The average molecular weight is 199 g/mol. The lowest BCUT2D eigenvalue weighted by Gasteiger charge is -2.54. The van der Waals surface area contributed by atoms with Crippen LogP contribution in [-0.4, -0.2) is 39.5 Å². The van der Waals surface area contributed by atoms with Crippen molar-refractivity contribution in [3.05, 3.63) is 0 Å². The van der Waals surface area contributed by atoms with Crippen LogP contribution in [-0.2, 0) is 9.47 Å². The Bertz CT molecular complexity index is 172. The molecule has 2 aliphatic rings. The van der Waals surface area contributed by atoms with E-state index < -0.39 is 0 Å². The fourth-order valence-electron chi connectivity index (χ4n) is 2.39. The van der Waals surface area contributed by atoms with Crippen molar-refractivity contribution in [3.63, 3.8) is 0 Å². The van der Waals surface area contributed by atoms with E-state index in [1.54, 1.807) is 7.11 Å². The van der Waals surface area contributed by atoms with Crippen molar-refractivity contribution in [3.8, 4) is 0 Å². The van der Waals surface area contributed by atoms with Gasteiger partial charge in [0.2, 0.25) is 0 Å². The molecule has 82 valence electrons. The molecular formula is C11H21NO2. The van der Waals surface area contributed by atoms with Crippen molar-refractivity contribution in [1.82, 2.24) is 5.32 Å². The molecule has 0 amide bonds. The summed E-state index contributed by atoms with van der Waals surface area (Å²) in [6.07, 6.45) is 5.37. The van der Waals surface area contributed by atoms with Crippen LogP contribution < -0.4 is 5.32 Å². The first-order valence-electron chi connectivity index (χ1n) is 5.66. The van der Waals surface area contributed by atoms with Crippen molar-refractivity contribution in [1.29, 1.82) is 0 Å². The highest BCUT2D eigenvalue weighted by atomic mass is 16.5. The summed E-state index contributed by atoms with van der Waals surface area (Å²) in [7, 11) is 1.75. The number of methoxy groups -OCH3 is 1. The Labute approximate surface area is 86.2 Å². The van der Waals surface area contributed by atoms with E-state index in [9.17, 15) is 0 Å². The van der Waals surface area contributed by atoms with E-state index in [4.69, 9.17) is 9.47 Å². The zero-order valence-electron chi connectivity index (χ0n) is 9.05. The van der Waals surface area contributed by atoms with E-state index in [1.165, 1.54) is 25.9 Å². The van der Waals surface area contributed by atoms with E-state index in [0.717, 1.165) is 26.1 Å². The van der Waals surface area contributed by atoms with Gasteiger partial charge in [0.25, 0.3) is 0 Å².